The van der Waals surface area contributed by atoms with Gasteiger partial charge in [0.15, 0.2) is 0 Å². The van der Waals surface area contributed by atoms with Crippen molar-refractivity contribution in [3.05, 3.63) is 29.8 Å². The van der Waals surface area contributed by atoms with Gasteiger partial charge in [0.1, 0.15) is 5.75 Å². The van der Waals surface area contributed by atoms with E-state index in [1.165, 1.54) is 5.56 Å². The third-order valence-electron chi connectivity index (χ3n) is 3.71. The highest BCUT2D eigenvalue weighted by atomic mass is 16.5. The minimum absolute atomic E-state index is 0.0732. The predicted octanol–water partition coefficient (Wildman–Crippen LogP) is 3.28. The van der Waals surface area contributed by atoms with Crippen LogP contribution in [0.2, 0.25) is 0 Å². The number of hydrogen-bond donors (Lipinski definition) is 1. The second-order valence-electron chi connectivity index (χ2n) is 5.30. The summed E-state index contributed by atoms with van der Waals surface area (Å²) in [6.07, 6.45) is 3.66. The SMILES string of the molecule is CCCOc1ccccc1C1(C)CCC(O)C1. The van der Waals surface area contributed by atoms with Gasteiger partial charge in [-0.15, -0.1) is 0 Å². The van der Waals surface area contributed by atoms with Crippen LogP contribution in [-0.4, -0.2) is 17.8 Å². The van der Waals surface area contributed by atoms with Crippen molar-refractivity contribution in [1.82, 2.24) is 0 Å². The van der Waals surface area contributed by atoms with Crippen LogP contribution in [0.1, 0.15) is 45.1 Å². The van der Waals surface area contributed by atoms with E-state index in [-0.39, 0.29) is 11.5 Å². The van der Waals surface area contributed by atoms with E-state index in [9.17, 15) is 5.11 Å². The topological polar surface area (TPSA) is 29.5 Å². The quantitative estimate of drug-likeness (QED) is 0.866. The first-order valence-corrected chi connectivity index (χ1v) is 6.56. The van der Waals surface area contributed by atoms with Gasteiger partial charge in [0.2, 0.25) is 0 Å². The molecule has 0 radical (unpaired) electrons. The molecule has 0 aliphatic heterocycles. The number of rotatable bonds is 4. The third kappa shape index (κ3) is 2.63. The third-order valence-corrected chi connectivity index (χ3v) is 3.71. The Balaban J connectivity index is 2.25. The first-order valence-electron chi connectivity index (χ1n) is 6.56. The molecule has 0 heterocycles. The van der Waals surface area contributed by atoms with E-state index in [4.69, 9.17) is 4.74 Å². The fraction of sp³-hybridized carbons (Fsp3) is 0.600. The number of para-hydroxylation sites is 1. The molecule has 1 aromatic carbocycles. The molecule has 0 saturated heterocycles. The summed E-state index contributed by atoms with van der Waals surface area (Å²) in [6, 6.07) is 8.26. The molecule has 1 aliphatic rings. The Labute approximate surface area is 104 Å². The zero-order valence-electron chi connectivity index (χ0n) is 10.8. The molecule has 1 N–H and O–H groups in total. The second kappa shape index (κ2) is 5.09. The van der Waals surface area contributed by atoms with E-state index in [0.717, 1.165) is 38.0 Å². The molecule has 2 unspecified atom stereocenters. The Kier molecular flexibility index (Phi) is 3.72. The van der Waals surface area contributed by atoms with Crippen LogP contribution in [0.3, 0.4) is 0 Å². The average Bonchev–Trinajstić information content (AvgIpc) is 2.68. The predicted molar refractivity (Wildman–Crippen MR) is 69.4 cm³/mol. The molecule has 94 valence electrons. The molecule has 1 aromatic rings. The number of aliphatic hydroxyl groups is 1. The smallest absolute Gasteiger partial charge is 0.123 e. The summed E-state index contributed by atoms with van der Waals surface area (Å²) in [7, 11) is 0. The van der Waals surface area contributed by atoms with Gasteiger partial charge in [-0.05, 0) is 37.2 Å². The van der Waals surface area contributed by atoms with Gasteiger partial charge < -0.3 is 9.84 Å². The molecular formula is C15H22O2. The van der Waals surface area contributed by atoms with E-state index in [1.54, 1.807) is 0 Å². The number of aliphatic hydroxyl groups excluding tert-OH is 1. The molecule has 1 aliphatic carbocycles. The Hall–Kier alpha value is -1.02. The maximum Gasteiger partial charge on any atom is 0.123 e. The average molecular weight is 234 g/mol. The van der Waals surface area contributed by atoms with Gasteiger partial charge in [-0.1, -0.05) is 32.0 Å². The van der Waals surface area contributed by atoms with E-state index in [0.29, 0.717) is 0 Å². The van der Waals surface area contributed by atoms with Crippen LogP contribution in [0.5, 0.6) is 5.75 Å². The lowest BCUT2D eigenvalue weighted by atomic mass is 9.80. The van der Waals surface area contributed by atoms with Crippen molar-refractivity contribution >= 4 is 0 Å². The van der Waals surface area contributed by atoms with Crippen molar-refractivity contribution in [3.63, 3.8) is 0 Å². The number of hydrogen-bond acceptors (Lipinski definition) is 2. The van der Waals surface area contributed by atoms with Crippen LogP contribution in [0.15, 0.2) is 24.3 Å². The zero-order valence-corrected chi connectivity index (χ0v) is 10.8. The van der Waals surface area contributed by atoms with Gasteiger partial charge in [-0.25, -0.2) is 0 Å². The maximum atomic E-state index is 9.75. The lowest BCUT2D eigenvalue weighted by Crippen LogP contribution is -2.20. The van der Waals surface area contributed by atoms with E-state index < -0.39 is 0 Å². The van der Waals surface area contributed by atoms with Crippen LogP contribution >= 0.6 is 0 Å². The molecule has 0 spiro atoms. The van der Waals surface area contributed by atoms with Crippen molar-refractivity contribution < 1.29 is 9.84 Å². The van der Waals surface area contributed by atoms with E-state index >= 15 is 0 Å². The molecule has 2 nitrogen and oxygen atoms in total. The lowest BCUT2D eigenvalue weighted by Gasteiger charge is -2.26. The largest absolute Gasteiger partial charge is 0.493 e. The van der Waals surface area contributed by atoms with Crippen molar-refractivity contribution in [1.29, 1.82) is 0 Å². The van der Waals surface area contributed by atoms with Crippen LogP contribution in [0, 0.1) is 0 Å². The van der Waals surface area contributed by atoms with E-state index in [1.807, 2.05) is 12.1 Å². The molecule has 0 bridgehead atoms. The fourth-order valence-electron chi connectivity index (χ4n) is 2.76. The van der Waals surface area contributed by atoms with Crippen molar-refractivity contribution in [3.8, 4) is 5.75 Å². The maximum absolute atomic E-state index is 9.75. The van der Waals surface area contributed by atoms with Crippen molar-refractivity contribution in [2.75, 3.05) is 6.61 Å². The first kappa shape index (κ1) is 12.4. The van der Waals surface area contributed by atoms with Crippen LogP contribution in [-0.2, 0) is 5.41 Å². The fourth-order valence-corrected chi connectivity index (χ4v) is 2.76. The Morgan fingerprint density at radius 2 is 2.18 bits per heavy atom. The normalized spacial score (nSPS) is 28.3. The Morgan fingerprint density at radius 1 is 1.41 bits per heavy atom. The Morgan fingerprint density at radius 3 is 2.82 bits per heavy atom. The molecule has 17 heavy (non-hydrogen) atoms. The molecule has 2 heteroatoms. The van der Waals surface area contributed by atoms with Crippen LogP contribution < -0.4 is 4.74 Å². The Bertz CT molecular complexity index is 375. The summed E-state index contributed by atoms with van der Waals surface area (Å²) in [5.41, 5.74) is 1.33. The standard InChI is InChI=1S/C15H22O2/c1-3-10-17-14-7-5-4-6-13(14)15(2)9-8-12(16)11-15/h4-7,12,16H,3,8-11H2,1-2H3. The highest BCUT2D eigenvalue weighted by Crippen LogP contribution is 2.44. The van der Waals surface area contributed by atoms with Gasteiger partial charge in [0.05, 0.1) is 12.7 Å². The van der Waals surface area contributed by atoms with Gasteiger partial charge >= 0.3 is 0 Å². The van der Waals surface area contributed by atoms with Crippen LogP contribution in [0.4, 0.5) is 0 Å². The van der Waals surface area contributed by atoms with Crippen LogP contribution in [0.25, 0.3) is 0 Å². The number of benzene rings is 1. The lowest BCUT2D eigenvalue weighted by molar-refractivity contribution is 0.174. The molecule has 2 atom stereocenters. The molecule has 0 aromatic heterocycles. The summed E-state index contributed by atoms with van der Waals surface area (Å²) in [5, 5.41) is 9.75. The molecule has 1 saturated carbocycles. The summed E-state index contributed by atoms with van der Waals surface area (Å²) in [4.78, 5) is 0. The molecule has 2 rings (SSSR count). The monoisotopic (exact) mass is 234 g/mol. The van der Waals surface area contributed by atoms with Gasteiger partial charge in [-0.2, -0.15) is 0 Å². The van der Waals surface area contributed by atoms with E-state index in [2.05, 4.69) is 26.0 Å². The number of ether oxygens (including phenoxy) is 1. The van der Waals surface area contributed by atoms with Crippen molar-refractivity contribution in [2.45, 2.75) is 51.0 Å². The minimum atomic E-state index is -0.153. The zero-order chi connectivity index (χ0) is 12.3. The van der Waals surface area contributed by atoms with Gasteiger partial charge in [0, 0.05) is 5.56 Å². The van der Waals surface area contributed by atoms with Gasteiger partial charge in [-0.3, -0.25) is 0 Å². The second-order valence-corrected chi connectivity index (χ2v) is 5.30. The summed E-state index contributed by atoms with van der Waals surface area (Å²) >= 11 is 0. The summed E-state index contributed by atoms with van der Waals surface area (Å²) in [6.45, 7) is 5.11. The molecular weight excluding hydrogens is 212 g/mol. The highest BCUT2D eigenvalue weighted by Gasteiger charge is 2.37. The molecule has 0 amide bonds. The molecule has 1 fully saturated rings. The summed E-state index contributed by atoms with van der Waals surface area (Å²) in [5.74, 6) is 0.992. The minimum Gasteiger partial charge on any atom is -0.493 e. The summed E-state index contributed by atoms with van der Waals surface area (Å²) < 4.78 is 5.82. The highest BCUT2D eigenvalue weighted by molar-refractivity contribution is 5.40. The first-order chi connectivity index (χ1) is 8.15. The van der Waals surface area contributed by atoms with Gasteiger partial charge in [0.25, 0.3) is 0 Å². The van der Waals surface area contributed by atoms with Crippen molar-refractivity contribution in [2.24, 2.45) is 0 Å².